The summed E-state index contributed by atoms with van der Waals surface area (Å²) in [4.78, 5) is 0. The zero-order valence-electron chi connectivity index (χ0n) is 12.5. The van der Waals surface area contributed by atoms with Gasteiger partial charge in [-0.05, 0) is 49.2 Å². The molecule has 2 aromatic rings. The van der Waals surface area contributed by atoms with Crippen molar-refractivity contribution in [2.75, 3.05) is 6.61 Å². The first-order valence-corrected chi connectivity index (χ1v) is 7.18. The maximum atomic E-state index is 8.91. The summed E-state index contributed by atoms with van der Waals surface area (Å²) in [5.41, 5.74) is 3.00. The van der Waals surface area contributed by atoms with Crippen molar-refractivity contribution in [3.8, 4) is 11.8 Å². The molecule has 2 aromatic carbocycles. The lowest BCUT2D eigenvalue weighted by molar-refractivity contribution is 0.339. The van der Waals surface area contributed by atoms with Crippen molar-refractivity contribution in [2.24, 2.45) is 0 Å². The molecule has 0 radical (unpaired) electrons. The van der Waals surface area contributed by atoms with E-state index in [0.29, 0.717) is 12.2 Å². The van der Waals surface area contributed by atoms with Crippen LogP contribution in [0.4, 0.5) is 0 Å². The Labute approximate surface area is 126 Å². The lowest BCUT2D eigenvalue weighted by Gasteiger charge is -2.15. The van der Waals surface area contributed by atoms with Crippen LogP contribution in [-0.4, -0.2) is 6.61 Å². The van der Waals surface area contributed by atoms with E-state index in [0.717, 1.165) is 17.9 Å². The van der Waals surface area contributed by atoms with E-state index in [2.05, 4.69) is 30.4 Å². The first-order valence-electron chi connectivity index (χ1n) is 7.18. The minimum atomic E-state index is 0.219. The molecule has 1 N–H and O–H groups in total. The van der Waals surface area contributed by atoms with Gasteiger partial charge in [-0.1, -0.05) is 24.3 Å². The Kier molecular flexibility index (Phi) is 5.36. The highest BCUT2D eigenvalue weighted by Crippen LogP contribution is 2.19. The van der Waals surface area contributed by atoms with Crippen LogP contribution in [-0.2, 0) is 6.54 Å². The predicted octanol–water partition coefficient (Wildman–Crippen LogP) is 3.81. The van der Waals surface area contributed by atoms with Crippen molar-refractivity contribution < 1.29 is 4.74 Å². The zero-order valence-corrected chi connectivity index (χ0v) is 12.5. The normalized spacial score (nSPS) is 11.7. The van der Waals surface area contributed by atoms with Gasteiger partial charge in [0.05, 0.1) is 18.2 Å². The van der Waals surface area contributed by atoms with Crippen molar-refractivity contribution >= 4 is 0 Å². The van der Waals surface area contributed by atoms with Gasteiger partial charge < -0.3 is 10.1 Å². The molecule has 108 valence electrons. The van der Waals surface area contributed by atoms with Crippen LogP contribution in [0.5, 0.6) is 5.75 Å². The molecule has 0 bridgehead atoms. The van der Waals surface area contributed by atoms with Gasteiger partial charge in [0.15, 0.2) is 0 Å². The summed E-state index contributed by atoms with van der Waals surface area (Å²) in [6, 6.07) is 18.2. The molecule has 0 aliphatic heterocycles. The van der Waals surface area contributed by atoms with Crippen molar-refractivity contribution in [3.05, 3.63) is 65.2 Å². The number of hydrogen-bond donors (Lipinski definition) is 1. The molecular formula is C18H20N2O. The molecule has 2 rings (SSSR count). The highest BCUT2D eigenvalue weighted by Gasteiger charge is 2.06. The number of benzene rings is 2. The summed E-state index contributed by atoms with van der Waals surface area (Å²) in [6.45, 7) is 5.51. The number of rotatable bonds is 6. The predicted molar refractivity (Wildman–Crippen MR) is 84.0 cm³/mol. The number of nitriles is 1. The van der Waals surface area contributed by atoms with Crippen LogP contribution in [0.1, 0.15) is 36.6 Å². The Bertz CT molecular complexity index is 631. The van der Waals surface area contributed by atoms with Gasteiger partial charge in [0, 0.05) is 12.6 Å². The van der Waals surface area contributed by atoms with E-state index in [1.165, 1.54) is 5.56 Å². The molecule has 0 fully saturated rings. The van der Waals surface area contributed by atoms with Gasteiger partial charge in [-0.3, -0.25) is 0 Å². The zero-order chi connectivity index (χ0) is 15.1. The quantitative estimate of drug-likeness (QED) is 0.875. The van der Waals surface area contributed by atoms with Crippen molar-refractivity contribution in [2.45, 2.75) is 26.4 Å². The second-order valence-corrected chi connectivity index (χ2v) is 4.92. The standard InChI is InChI=1S/C18H20N2O/c1-3-21-18-9-5-8-17(11-18)14(2)20-13-16-7-4-6-15(10-16)12-19/h4-11,14,20H,3,13H2,1-2H3. The minimum absolute atomic E-state index is 0.219. The monoisotopic (exact) mass is 280 g/mol. The van der Waals surface area contributed by atoms with Crippen LogP contribution in [0.25, 0.3) is 0 Å². The molecule has 21 heavy (non-hydrogen) atoms. The van der Waals surface area contributed by atoms with Gasteiger partial charge in [0.25, 0.3) is 0 Å². The summed E-state index contributed by atoms with van der Waals surface area (Å²) in [6.07, 6.45) is 0. The molecule has 3 nitrogen and oxygen atoms in total. The SMILES string of the molecule is CCOc1cccc(C(C)NCc2cccc(C#N)c2)c1. The molecule has 0 aliphatic carbocycles. The summed E-state index contributed by atoms with van der Waals surface area (Å²) in [7, 11) is 0. The Morgan fingerprint density at radius 2 is 2.00 bits per heavy atom. The summed E-state index contributed by atoms with van der Waals surface area (Å²) < 4.78 is 5.53. The van der Waals surface area contributed by atoms with E-state index in [9.17, 15) is 0 Å². The smallest absolute Gasteiger partial charge is 0.119 e. The third-order valence-corrected chi connectivity index (χ3v) is 3.34. The molecule has 1 unspecified atom stereocenters. The van der Waals surface area contributed by atoms with Crippen LogP contribution in [0.15, 0.2) is 48.5 Å². The second-order valence-electron chi connectivity index (χ2n) is 4.92. The van der Waals surface area contributed by atoms with Crippen LogP contribution in [0.2, 0.25) is 0 Å². The van der Waals surface area contributed by atoms with Crippen LogP contribution < -0.4 is 10.1 Å². The number of hydrogen-bond acceptors (Lipinski definition) is 3. The lowest BCUT2D eigenvalue weighted by atomic mass is 10.1. The lowest BCUT2D eigenvalue weighted by Crippen LogP contribution is -2.18. The summed E-state index contributed by atoms with van der Waals surface area (Å²) >= 11 is 0. The fourth-order valence-corrected chi connectivity index (χ4v) is 2.18. The molecule has 0 spiro atoms. The Hall–Kier alpha value is -2.31. The molecule has 0 aromatic heterocycles. The van der Waals surface area contributed by atoms with Gasteiger partial charge in [0.2, 0.25) is 0 Å². The van der Waals surface area contributed by atoms with Gasteiger partial charge in [0.1, 0.15) is 5.75 Å². The van der Waals surface area contributed by atoms with E-state index < -0.39 is 0 Å². The summed E-state index contributed by atoms with van der Waals surface area (Å²) in [5, 5.41) is 12.4. The Morgan fingerprint density at radius 3 is 2.76 bits per heavy atom. The molecule has 0 heterocycles. The summed E-state index contributed by atoms with van der Waals surface area (Å²) in [5.74, 6) is 0.898. The molecule has 0 aliphatic rings. The second kappa shape index (κ2) is 7.47. The number of nitrogens with zero attached hydrogens (tertiary/aromatic N) is 1. The maximum absolute atomic E-state index is 8.91. The topological polar surface area (TPSA) is 45.0 Å². The van der Waals surface area contributed by atoms with Gasteiger partial charge >= 0.3 is 0 Å². The van der Waals surface area contributed by atoms with Crippen molar-refractivity contribution in [1.29, 1.82) is 5.26 Å². The molecule has 0 amide bonds. The third kappa shape index (κ3) is 4.34. The van der Waals surface area contributed by atoms with Crippen LogP contribution in [0.3, 0.4) is 0 Å². The largest absolute Gasteiger partial charge is 0.494 e. The molecule has 3 heteroatoms. The number of nitrogens with one attached hydrogen (secondary N) is 1. The first kappa shape index (κ1) is 15.1. The van der Waals surface area contributed by atoms with Crippen molar-refractivity contribution in [3.63, 3.8) is 0 Å². The van der Waals surface area contributed by atoms with Crippen LogP contribution >= 0.6 is 0 Å². The molecule has 0 saturated heterocycles. The van der Waals surface area contributed by atoms with E-state index in [-0.39, 0.29) is 6.04 Å². The Morgan fingerprint density at radius 1 is 1.19 bits per heavy atom. The van der Waals surface area contributed by atoms with Crippen molar-refractivity contribution in [1.82, 2.24) is 5.32 Å². The molecular weight excluding hydrogens is 260 g/mol. The van der Waals surface area contributed by atoms with E-state index in [1.807, 2.05) is 43.3 Å². The van der Waals surface area contributed by atoms with E-state index in [1.54, 1.807) is 0 Å². The third-order valence-electron chi connectivity index (χ3n) is 3.34. The van der Waals surface area contributed by atoms with E-state index >= 15 is 0 Å². The van der Waals surface area contributed by atoms with Gasteiger partial charge in [-0.2, -0.15) is 5.26 Å². The highest BCUT2D eigenvalue weighted by atomic mass is 16.5. The average Bonchev–Trinajstić information content (AvgIpc) is 2.53. The fourth-order valence-electron chi connectivity index (χ4n) is 2.18. The van der Waals surface area contributed by atoms with Gasteiger partial charge in [-0.25, -0.2) is 0 Å². The highest BCUT2D eigenvalue weighted by molar-refractivity contribution is 5.33. The fraction of sp³-hybridized carbons (Fsp3) is 0.278. The van der Waals surface area contributed by atoms with Gasteiger partial charge in [-0.15, -0.1) is 0 Å². The molecule has 0 saturated carbocycles. The molecule has 1 atom stereocenters. The Balaban J connectivity index is 1.99. The van der Waals surface area contributed by atoms with E-state index in [4.69, 9.17) is 10.00 Å². The van der Waals surface area contributed by atoms with Crippen LogP contribution in [0, 0.1) is 11.3 Å². The minimum Gasteiger partial charge on any atom is -0.494 e. The first-order chi connectivity index (χ1) is 10.2. The number of ether oxygens (including phenoxy) is 1. The maximum Gasteiger partial charge on any atom is 0.119 e. The average molecular weight is 280 g/mol.